The number of carboxylic acids is 1. The van der Waals surface area contributed by atoms with E-state index in [1.165, 1.54) is 11.6 Å². The maximum absolute atomic E-state index is 12.8. The number of amides is 1. The van der Waals surface area contributed by atoms with Crippen LogP contribution >= 0.6 is 0 Å². The third-order valence-electron chi connectivity index (χ3n) is 4.71. The first-order valence-electron chi connectivity index (χ1n) is 9.02. The van der Waals surface area contributed by atoms with Crippen LogP contribution in [-0.4, -0.2) is 41.6 Å². The molecule has 6 nitrogen and oxygen atoms in total. The van der Waals surface area contributed by atoms with Crippen LogP contribution in [0.25, 0.3) is 0 Å². The van der Waals surface area contributed by atoms with E-state index in [0.29, 0.717) is 11.3 Å². The SMILES string of the molecule is COCc1cc(NC(=O)C2CCCN2Cc2ccccc2)cc(C(=O)O)c1. The summed E-state index contributed by atoms with van der Waals surface area (Å²) in [6.07, 6.45) is 1.76. The predicted octanol–water partition coefficient (Wildman–Crippen LogP) is 3.13. The molecule has 0 spiro atoms. The lowest BCUT2D eigenvalue weighted by atomic mass is 10.1. The van der Waals surface area contributed by atoms with E-state index in [-0.39, 0.29) is 24.1 Å². The zero-order valence-corrected chi connectivity index (χ0v) is 15.4. The Morgan fingerprint density at radius 2 is 1.96 bits per heavy atom. The Labute approximate surface area is 158 Å². The van der Waals surface area contributed by atoms with Gasteiger partial charge < -0.3 is 15.2 Å². The average Bonchev–Trinajstić information content (AvgIpc) is 3.11. The fourth-order valence-corrected chi connectivity index (χ4v) is 3.49. The molecule has 27 heavy (non-hydrogen) atoms. The van der Waals surface area contributed by atoms with Crippen molar-refractivity contribution in [1.29, 1.82) is 0 Å². The molecule has 0 aromatic heterocycles. The van der Waals surface area contributed by atoms with Gasteiger partial charge in [-0.3, -0.25) is 9.69 Å². The summed E-state index contributed by atoms with van der Waals surface area (Å²) in [5.41, 5.74) is 2.50. The minimum Gasteiger partial charge on any atom is -0.478 e. The minimum atomic E-state index is -1.03. The monoisotopic (exact) mass is 368 g/mol. The summed E-state index contributed by atoms with van der Waals surface area (Å²) in [7, 11) is 1.55. The van der Waals surface area contributed by atoms with Crippen LogP contribution in [0, 0.1) is 0 Å². The van der Waals surface area contributed by atoms with Crippen molar-refractivity contribution in [3.8, 4) is 0 Å². The molecule has 142 valence electrons. The molecular formula is C21H24N2O4. The Balaban J connectivity index is 1.73. The molecule has 0 aliphatic carbocycles. The number of likely N-dealkylation sites (tertiary alicyclic amines) is 1. The largest absolute Gasteiger partial charge is 0.478 e. The van der Waals surface area contributed by atoms with Crippen molar-refractivity contribution >= 4 is 17.6 Å². The third-order valence-corrected chi connectivity index (χ3v) is 4.71. The fourth-order valence-electron chi connectivity index (χ4n) is 3.49. The number of nitrogens with zero attached hydrogens (tertiary/aromatic N) is 1. The van der Waals surface area contributed by atoms with E-state index in [2.05, 4.69) is 22.3 Å². The molecular weight excluding hydrogens is 344 g/mol. The summed E-state index contributed by atoms with van der Waals surface area (Å²) >= 11 is 0. The van der Waals surface area contributed by atoms with Crippen molar-refractivity contribution in [3.05, 3.63) is 65.2 Å². The van der Waals surface area contributed by atoms with Crippen LogP contribution in [0.4, 0.5) is 5.69 Å². The van der Waals surface area contributed by atoms with Gasteiger partial charge in [-0.2, -0.15) is 0 Å². The highest BCUT2D eigenvalue weighted by Gasteiger charge is 2.30. The Morgan fingerprint density at radius 3 is 2.67 bits per heavy atom. The molecule has 6 heteroatoms. The molecule has 1 heterocycles. The van der Waals surface area contributed by atoms with Crippen molar-refractivity contribution < 1.29 is 19.4 Å². The lowest BCUT2D eigenvalue weighted by Gasteiger charge is -2.24. The van der Waals surface area contributed by atoms with Crippen molar-refractivity contribution in [2.75, 3.05) is 19.0 Å². The molecule has 3 rings (SSSR count). The first-order valence-corrected chi connectivity index (χ1v) is 9.02. The summed E-state index contributed by atoms with van der Waals surface area (Å²) in [6, 6.07) is 14.7. The van der Waals surface area contributed by atoms with Gasteiger partial charge in [0.15, 0.2) is 0 Å². The zero-order valence-electron chi connectivity index (χ0n) is 15.4. The number of rotatable bonds is 7. The van der Waals surface area contributed by atoms with Gasteiger partial charge in [0, 0.05) is 19.3 Å². The van der Waals surface area contributed by atoms with Crippen molar-refractivity contribution in [1.82, 2.24) is 4.90 Å². The molecule has 1 aliphatic rings. The number of benzene rings is 2. The number of hydrogen-bond donors (Lipinski definition) is 2. The van der Waals surface area contributed by atoms with Gasteiger partial charge in [0.2, 0.25) is 5.91 Å². The molecule has 0 radical (unpaired) electrons. The number of nitrogens with one attached hydrogen (secondary N) is 1. The van der Waals surface area contributed by atoms with Crippen molar-refractivity contribution in [2.24, 2.45) is 0 Å². The average molecular weight is 368 g/mol. The molecule has 1 amide bonds. The number of carbonyl (C=O) groups excluding carboxylic acids is 1. The van der Waals surface area contributed by atoms with Gasteiger partial charge in [0.05, 0.1) is 18.2 Å². The van der Waals surface area contributed by atoms with E-state index in [1.54, 1.807) is 19.2 Å². The van der Waals surface area contributed by atoms with E-state index in [9.17, 15) is 14.7 Å². The van der Waals surface area contributed by atoms with Gasteiger partial charge in [-0.25, -0.2) is 4.79 Å². The molecule has 1 atom stereocenters. The van der Waals surface area contributed by atoms with E-state index in [1.807, 2.05) is 18.2 Å². The van der Waals surface area contributed by atoms with Crippen LogP contribution in [0.5, 0.6) is 0 Å². The topological polar surface area (TPSA) is 78.9 Å². The second kappa shape index (κ2) is 8.79. The number of hydrogen-bond acceptors (Lipinski definition) is 4. The Kier molecular flexibility index (Phi) is 6.21. The van der Waals surface area contributed by atoms with Gasteiger partial charge in [-0.05, 0) is 48.7 Å². The van der Waals surface area contributed by atoms with Crippen LogP contribution in [0.2, 0.25) is 0 Å². The number of anilines is 1. The molecule has 2 N–H and O–H groups in total. The van der Waals surface area contributed by atoms with Crippen LogP contribution in [-0.2, 0) is 22.7 Å². The normalized spacial score (nSPS) is 17.0. The first-order chi connectivity index (χ1) is 13.1. The third kappa shape index (κ3) is 4.93. The molecule has 1 fully saturated rings. The van der Waals surface area contributed by atoms with Gasteiger partial charge in [0.25, 0.3) is 0 Å². The highest BCUT2D eigenvalue weighted by molar-refractivity contribution is 5.97. The lowest BCUT2D eigenvalue weighted by molar-refractivity contribution is -0.120. The summed E-state index contributed by atoms with van der Waals surface area (Å²) < 4.78 is 5.09. The van der Waals surface area contributed by atoms with E-state index >= 15 is 0 Å². The molecule has 2 aromatic carbocycles. The van der Waals surface area contributed by atoms with Crippen molar-refractivity contribution in [3.63, 3.8) is 0 Å². The zero-order chi connectivity index (χ0) is 19.2. The van der Waals surface area contributed by atoms with Crippen molar-refractivity contribution in [2.45, 2.75) is 32.0 Å². The summed E-state index contributed by atoms with van der Waals surface area (Å²) in [6.45, 7) is 1.88. The second-order valence-electron chi connectivity index (χ2n) is 6.76. The van der Waals surface area contributed by atoms with E-state index < -0.39 is 5.97 Å². The Hall–Kier alpha value is -2.70. The van der Waals surface area contributed by atoms with Gasteiger partial charge >= 0.3 is 5.97 Å². The van der Waals surface area contributed by atoms with E-state index in [0.717, 1.165) is 25.9 Å². The van der Waals surface area contributed by atoms with E-state index in [4.69, 9.17) is 4.74 Å². The quantitative estimate of drug-likeness (QED) is 0.785. The molecule has 1 unspecified atom stereocenters. The summed E-state index contributed by atoms with van der Waals surface area (Å²) in [4.78, 5) is 26.3. The highest BCUT2D eigenvalue weighted by Crippen LogP contribution is 2.23. The van der Waals surface area contributed by atoms with Gasteiger partial charge in [0.1, 0.15) is 0 Å². The fraction of sp³-hybridized carbons (Fsp3) is 0.333. The lowest BCUT2D eigenvalue weighted by Crippen LogP contribution is -2.39. The first kappa shape index (κ1) is 19.1. The number of aromatic carboxylic acids is 1. The maximum atomic E-state index is 12.8. The molecule has 1 saturated heterocycles. The Bertz CT molecular complexity index is 807. The second-order valence-corrected chi connectivity index (χ2v) is 6.76. The maximum Gasteiger partial charge on any atom is 0.335 e. The van der Waals surface area contributed by atoms with Crippen LogP contribution in [0.3, 0.4) is 0 Å². The minimum absolute atomic E-state index is 0.102. The molecule has 0 saturated carbocycles. The Morgan fingerprint density at radius 1 is 1.19 bits per heavy atom. The highest BCUT2D eigenvalue weighted by atomic mass is 16.5. The number of carboxylic acid groups (broad SMARTS) is 1. The van der Waals surface area contributed by atoms with Gasteiger partial charge in [-0.15, -0.1) is 0 Å². The summed E-state index contributed by atoms with van der Waals surface area (Å²) in [5.74, 6) is -1.13. The van der Waals surface area contributed by atoms with Crippen LogP contribution in [0.1, 0.15) is 34.3 Å². The number of carbonyl (C=O) groups is 2. The number of methoxy groups -OCH3 is 1. The summed E-state index contributed by atoms with van der Waals surface area (Å²) in [5, 5.41) is 12.2. The molecule has 2 aromatic rings. The molecule has 1 aliphatic heterocycles. The standard InChI is InChI=1S/C21H24N2O4/c1-27-14-16-10-17(21(25)26)12-18(11-16)22-20(24)19-8-5-9-23(19)13-15-6-3-2-4-7-15/h2-4,6-7,10-12,19H,5,8-9,13-14H2,1H3,(H,22,24)(H,25,26). The van der Waals surface area contributed by atoms with Crippen LogP contribution < -0.4 is 5.32 Å². The smallest absolute Gasteiger partial charge is 0.335 e. The molecule has 0 bridgehead atoms. The predicted molar refractivity (Wildman–Crippen MR) is 103 cm³/mol. The number of ether oxygens (including phenoxy) is 1. The van der Waals surface area contributed by atoms with Crippen LogP contribution in [0.15, 0.2) is 48.5 Å². The van der Waals surface area contributed by atoms with Gasteiger partial charge in [-0.1, -0.05) is 30.3 Å².